The first kappa shape index (κ1) is 14.3. The number of hydrogen-bond donors (Lipinski definition) is 0. The molecule has 3 rings (SSSR count). The predicted molar refractivity (Wildman–Crippen MR) is 70.9 cm³/mol. The average molecular weight is 285 g/mol. The van der Waals surface area contributed by atoms with Crippen LogP contribution in [-0.2, 0) is 9.53 Å². The largest absolute Gasteiger partial charge is 0.454 e. The molecule has 0 saturated heterocycles. The molecule has 2 atom stereocenters. The van der Waals surface area contributed by atoms with Gasteiger partial charge in [-0.15, -0.1) is 0 Å². The molecular weight excluding hydrogens is 262 g/mol. The van der Waals surface area contributed by atoms with E-state index in [9.17, 15) is 13.6 Å². The Hall–Kier alpha value is -0.670. The number of ether oxygens (including phenoxy) is 1. The van der Waals surface area contributed by atoms with Crippen LogP contribution in [-0.4, -0.2) is 11.9 Å². The maximum absolute atomic E-state index is 13.6. The van der Waals surface area contributed by atoms with Gasteiger partial charge in [0.1, 0.15) is 6.42 Å². The van der Waals surface area contributed by atoms with Crippen LogP contribution in [0.5, 0.6) is 0 Å². The molecule has 1 radical (unpaired) electrons. The number of alkyl halides is 2. The van der Waals surface area contributed by atoms with Crippen molar-refractivity contribution in [3.63, 3.8) is 0 Å². The number of carbonyl (C=O) groups is 1. The van der Waals surface area contributed by atoms with Gasteiger partial charge >= 0.3 is 5.97 Å². The van der Waals surface area contributed by atoms with Gasteiger partial charge in [-0.25, -0.2) is 8.78 Å². The minimum atomic E-state index is -2.86. The van der Waals surface area contributed by atoms with Gasteiger partial charge in [-0.1, -0.05) is 19.3 Å². The standard InChI is InChI=1S/C16H23F2O2/c17-16(18,12-8-9-12)10-15(19)20-14-7-3-5-11-4-1-2-6-13(11)14/h11-13H,1-10H2. The highest BCUT2D eigenvalue weighted by molar-refractivity contribution is 5.71. The smallest absolute Gasteiger partial charge is 0.312 e. The Labute approximate surface area is 119 Å². The Balaban J connectivity index is 1.54. The molecule has 20 heavy (non-hydrogen) atoms. The normalized spacial score (nSPS) is 31.7. The molecule has 0 aliphatic heterocycles. The molecule has 0 heterocycles. The summed E-state index contributed by atoms with van der Waals surface area (Å²) in [5.41, 5.74) is 0. The van der Waals surface area contributed by atoms with Crippen LogP contribution in [0.15, 0.2) is 0 Å². The first-order valence-corrected chi connectivity index (χ1v) is 8.00. The fourth-order valence-electron chi connectivity index (χ4n) is 3.85. The molecule has 113 valence electrons. The topological polar surface area (TPSA) is 26.3 Å². The number of hydrogen-bond acceptors (Lipinski definition) is 2. The highest BCUT2D eigenvalue weighted by atomic mass is 19.3. The van der Waals surface area contributed by atoms with Crippen LogP contribution >= 0.6 is 0 Å². The third-order valence-corrected chi connectivity index (χ3v) is 5.12. The molecule has 3 saturated carbocycles. The number of fused-ring (bicyclic) bond motifs is 1. The summed E-state index contributed by atoms with van der Waals surface area (Å²) in [5.74, 6) is -3.21. The van der Waals surface area contributed by atoms with Gasteiger partial charge in [0, 0.05) is 11.8 Å². The quantitative estimate of drug-likeness (QED) is 0.711. The fraction of sp³-hybridized carbons (Fsp3) is 0.875. The van der Waals surface area contributed by atoms with Gasteiger partial charge in [0.25, 0.3) is 5.92 Å². The van der Waals surface area contributed by atoms with E-state index in [4.69, 9.17) is 4.74 Å². The van der Waals surface area contributed by atoms with Gasteiger partial charge in [-0.3, -0.25) is 4.79 Å². The Kier molecular flexibility index (Phi) is 4.00. The summed E-state index contributed by atoms with van der Waals surface area (Å²) in [6.07, 6.45) is 8.84. The first-order chi connectivity index (χ1) is 9.56. The second-order valence-electron chi connectivity index (χ2n) is 6.70. The van der Waals surface area contributed by atoms with E-state index in [1.165, 1.54) is 25.7 Å². The van der Waals surface area contributed by atoms with Crippen LogP contribution < -0.4 is 0 Å². The Bertz CT molecular complexity index is 363. The summed E-state index contributed by atoms with van der Waals surface area (Å²) in [6.45, 7) is 0. The molecule has 3 aliphatic rings. The molecule has 4 heteroatoms. The van der Waals surface area contributed by atoms with E-state index in [0.717, 1.165) is 25.4 Å². The number of rotatable bonds is 4. The molecular formula is C16H23F2O2. The fourth-order valence-corrected chi connectivity index (χ4v) is 3.85. The maximum atomic E-state index is 13.6. The van der Waals surface area contributed by atoms with E-state index < -0.39 is 24.2 Å². The van der Waals surface area contributed by atoms with E-state index in [-0.39, 0.29) is 0 Å². The molecule has 2 unspecified atom stereocenters. The zero-order valence-corrected chi connectivity index (χ0v) is 11.9. The number of halogens is 2. The zero-order valence-electron chi connectivity index (χ0n) is 11.9. The van der Waals surface area contributed by atoms with Crippen molar-refractivity contribution in [3.05, 3.63) is 6.10 Å². The van der Waals surface area contributed by atoms with Crippen LogP contribution in [0.25, 0.3) is 0 Å². The highest BCUT2D eigenvalue weighted by Crippen LogP contribution is 2.47. The first-order valence-electron chi connectivity index (χ1n) is 8.00. The van der Waals surface area contributed by atoms with Crippen molar-refractivity contribution >= 4 is 5.97 Å². The van der Waals surface area contributed by atoms with Crippen LogP contribution in [0.2, 0.25) is 0 Å². The lowest BCUT2D eigenvalue weighted by molar-refractivity contribution is -0.155. The minimum absolute atomic E-state index is 0.344. The van der Waals surface area contributed by atoms with Crippen molar-refractivity contribution in [2.75, 3.05) is 0 Å². The van der Waals surface area contributed by atoms with Crippen molar-refractivity contribution in [1.29, 1.82) is 0 Å². The van der Waals surface area contributed by atoms with Crippen LogP contribution in [0, 0.1) is 23.9 Å². The molecule has 0 aromatic rings. The van der Waals surface area contributed by atoms with Gasteiger partial charge in [0.05, 0.1) is 0 Å². The molecule has 3 fully saturated rings. The molecule has 0 amide bonds. The van der Waals surface area contributed by atoms with Gasteiger partial charge in [0.15, 0.2) is 6.10 Å². The molecule has 2 nitrogen and oxygen atoms in total. The highest BCUT2D eigenvalue weighted by Gasteiger charge is 2.49. The Morgan fingerprint density at radius 1 is 1.10 bits per heavy atom. The van der Waals surface area contributed by atoms with Crippen molar-refractivity contribution in [2.24, 2.45) is 17.8 Å². The van der Waals surface area contributed by atoms with Crippen molar-refractivity contribution in [2.45, 2.75) is 70.1 Å². The van der Waals surface area contributed by atoms with Crippen molar-refractivity contribution in [3.8, 4) is 0 Å². The van der Waals surface area contributed by atoms with Crippen molar-refractivity contribution < 1.29 is 18.3 Å². The summed E-state index contributed by atoms with van der Waals surface area (Å²) < 4.78 is 32.6. The van der Waals surface area contributed by atoms with Crippen LogP contribution in [0.3, 0.4) is 0 Å². The molecule has 3 aliphatic carbocycles. The summed E-state index contributed by atoms with van der Waals surface area (Å²) in [7, 11) is 0. The summed E-state index contributed by atoms with van der Waals surface area (Å²) in [4.78, 5) is 11.8. The lowest BCUT2D eigenvalue weighted by Gasteiger charge is -2.39. The van der Waals surface area contributed by atoms with E-state index in [1.54, 1.807) is 0 Å². The van der Waals surface area contributed by atoms with Crippen LogP contribution in [0.4, 0.5) is 8.78 Å². The average Bonchev–Trinajstić information content (AvgIpc) is 3.23. The van der Waals surface area contributed by atoms with Gasteiger partial charge in [-0.05, 0) is 44.4 Å². The lowest BCUT2D eigenvalue weighted by atomic mass is 9.69. The molecule has 0 bridgehead atoms. The third-order valence-electron chi connectivity index (χ3n) is 5.12. The zero-order chi connectivity index (χ0) is 14.2. The van der Waals surface area contributed by atoms with Gasteiger partial charge in [0.2, 0.25) is 0 Å². The Morgan fingerprint density at radius 3 is 2.55 bits per heavy atom. The van der Waals surface area contributed by atoms with E-state index in [1.807, 2.05) is 0 Å². The SMILES string of the molecule is O=C(CC(F)(F)C1CC1)O[C]1CCCC2CCCCC12. The monoisotopic (exact) mass is 285 g/mol. The van der Waals surface area contributed by atoms with Crippen molar-refractivity contribution in [1.82, 2.24) is 0 Å². The summed E-state index contributed by atoms with van der Waals surface area (Å²) in [6, 6.07) is 0. The molecule has 0 aromatic heterocycles. The number of carbonyl (C=O) groups excluding carboxylic acids is 1. The van der Waals surface area contributed by atoms with Crippen LogP contribution in [0.1, 0.15) is 64.2 Å². The molecule has 0 N–H and O–H groups in total. The van der Waals surface area contributed by atoms with E-state index in [0.29, 0.717) is 24.7 Å². The Morgan fingerprint density at radius 2 is 1.80 bits per heavy atom. The molecule has 0 spiro atoms. The molecule has 0 aromatic carbocycles. The van der Waals surface area contributed by atoms with E-state index in [2.05, 4.69) is 0 Å². The predicted octanol–water partition coefficient (Wildman–Crippen LogP) is 4.49. The second kappa shape index (κ2) is 5.61. The summed E-state index contributed by atoms with van der Waals surface area (Å²) >= 11 is 0. The third kappa shape index (κ3) is 3.15. The number of esters is 1. The second-order valence-corrected chi connectivity index (χ2v) is 6.70. The summed E-state index contributed by atoms with van der Waals surface area (Å²) in [5, 5.41) is 0. The minimum Gasteiger partial charge on any atom is -0.454 e. The lowest BCUT2D eigenvalue weighted by Crippen LogP contribution is -2.34. The van der Waals surface area contributed by atoms with Gasteiger partial charge < -0.3 is 4.74 Å². The van der Waals surface area contributed by atoms with Gasteiger partial charge in [-0.2, -0.15) is 0 Å². The van der Waals surface area contributed by atoms with E-state index >= 15 is 0 Å². The maximum Gasteiger partial charge on any atom is 0.312 e.